The Labute approximate surface area is 131 Å². The molecule has 2 N–H and O–H groups in total. The van der Waals surface area contributed by atoms with E-state index >= 15 is 0 Å². The lowest BCUT2D eigenvalue weighted by Gasteiger charge is -2.28. The second-order valence-corrected chi connectivity index (χ2v) is 6.43. The first-order valence-corrected chi connectivity index (χ1v) is 8.11. The van der Waals surface area contributed by atoms with Crippen molar-refractivity contribution in [1.82, 2.24) is 10.5 Å². The average molecular weight is 319 g/mol. The molecule has 0 spiro atoms. The van der Waals surface area contributed by atoms with E-state index in [4.69, 9.17) is 0 Å². The van der Waals surface area contributed by atoms with E-state index in [1.807, 2.05) is 6.07 Å². The predicted molar refractivity (Wildman–Crippen MR) is 82.6 cm³/mol. The van der Waals surface area contributed by atoms with Crippen molar-refractivity contribution in [2.24, 2.45) is 0 Å². The Hall–Kier alpha value is -2.15. The molecule has 1 aliphatic carbocycles. The van der Waals surface area contributed by atoms with Crippen LogP contribution in [0.5, 0.6) is 0 Å². The summed E-state index contributed by atoms with van der Waals surface area (Å²) < 4.78 is 4.61. The van der Waals surface area contributed by atoms with Crippen molar-refractivity contribution < 1.29 is 14.1 Å². The van der Waals surface area contributed by atoms with Gasteiger partial charge in [0.05, 0.1) is 0 Å². The number of amides is 2. The third-order valence-corrected chi connectivity index (χ3v) is 5.19. The van der Waals surface area contributed by atoms with Gasteiger partial charge in [0.1, 0.15) is 6.26 Å². The second-order valence-electron chi connectivity index (χ2n) is 5.49. The first-order valence-electron chi connectivity index (χ1n) is 7.23. The molecule has 2 aromatic rings. The molecular weight excluding hydrogens is 302 g/mol. The highest BCUT2D eigenvalue weighted by Crippen LogP contribution is 2.42. The van der Waals surface area contributed by atoms with E-state index in [1.54, 1.807) is 11.3 Å². The maximum Gasteiger partial charge on any atom is 0.314 e. The fourth-order valence-corrected chi connectivity index (χ4v) is 3.91. The van der Waals surface area contributed by atoms with E-state index in [0.717, 1.165) is 25.7 Å². The lowest BCUT2D eigenvalue weighted by atomic mass is 9.84. The van der Waals surface area contributed by atoms with Crippen molar-refractivity contribution in [3.63, 3.8) is 0 Å². The monoisotopic (exact) mass is 319 g/mol. The van der Waals surface area contributed by atoms with E-state index < -0.39 is 11.8 Å². The van der Waals surface area contributed by atoms with Crippen molar-refractivity contribution in [2.45, 2.75) is 31.1 Å². The summed E-state index contributed by atoms with van der Waals surface area (Å²) in [6.07, 6.45) is 5.72. The van der Waals surface area contributed by atoms with E-state index in [0.29, 0.717) is 6.54 Å². The summed E-state index contributed by atoms with van der Waals surface area (Å²) in [5, 5.41) is 10.7. The number of aromatic nitrogens is 1. The molecule has 0 bridgehead atoms. The highest BCUT2D eigenvalue weighted by Gasteiger charge is 2.37. The van der Waals surface area contributed by atoms with Crippen LogP contribution in [-0.4, -0.2) is 23.5 Å². The van der Waals surface area contributed by atoms with Gasteiger partial charge in [-0.15, -0.1) is 11.3 Å². The molecule has 1 aliphatic rings. The summed E-state index contributed by atoms with van der Waals surface area (Å²) >= 11 is 1.71. The van der Waals surface area contributed by atoms with Gasteiger partial charge >= 0.3 is 11.8 Å². The van der Waals surface area contributed by atoms with Crippen LogP contribution in [0.1, 0.15) is 30.6 Å². The number of hydrogen-bond acceptors (Lipinski definition) is 5. The Bertz CT molecular complexity index is 631. The molecule has 3 rings (SSSR count). The van der Waals surface area contributed by atoms with Gasteiger partial charge in [0, 0.05) is 22.9 Å². The van der Waals surface area contributed by atoms with Crippen LogP contribution >= 0.6 is 11.3 Å². The number of anilines is 1. The molecule has 7 heteroatoms. The van der Waals surface area contributed by atoms with Gasteiger partial charge in [-0.05, 0) is 24.3 Å². The van der Waals surface area contributed by atoms with Crippen molar-refractivity contribution >= 4 is 29.0 Å². The number of nitrogens with one attached hydrogen (secondary N) is 2. The van der Waals surface area contributed by atoms with Crippen molar-refractivity contribution in [1.29, 1.82) is 0 Å². The fraction of sp³-hybridized carbons (Fsp3) is 0.400. The van der Waals surface area contributed by atoms with Crippen molar-refractivity contribution in [3.8, 4) is 0 Å². The molecule has 1 saturated carbocycles. The number of hydrogen-bond donors (Lipinski definition) is 2. The third kappa shape index (κ3) is 3.04. The van der Waals surface area contributed by atoms with Crippen LogP contribution in [0.2, 0.25) is 0 Å². The van der Waals surface area contributed by atoms with Gasteiger partial charge in [0.25, 0.3) is 0 Å². The number of carbonyl (C=O) groups is 2. The summed E-state index contributed by atoms with van der Waals surface area (Å²) in [5.74, 6) is -1.15. The largest absolute Gasteiger partial charge is 0.363 e. The van der Waals surface area contributed by atoms with Gasteiger partial charge < -0.3 is 9.84 Å². The average Bonchev–Trinajstić information content (AvgIpc) is 3.25. The maximum absolute atomic E-state index is 12.0. The molecule has 0 atom stereocenters. The molecule has 0 aliphatic heterocycles. The molecule has 22 heavy (non-hydrogen) atoms. The normalized spacial score (nSPS) is 16.4. The Balaban J connectivity index is 1.60. The topological polar surface area (TPSA) is 84.2 Å². The summed E-state index contributed by atoms with van der Waals surface area (Å²) in [4.78, 5) is 25.0. The van der Waals surface area contributed by atoms with Gasteiger partial charge in [-0.25, -0.2) is 0 Å². The fourth-order valence-electron chi connectivity index (χ4n) is 2.92. The van der Waals surface area contributed by atoms with Crippen LogP contribution in [0, 0.1) is 0 Å². The first-order chi connectivity index (χ1) is 10.7. The Kier molecular flexibility index (Phi) is 4.24. The standard InChI is InChI=1S/C15H17N3O3S/c19-13(14(20)17-12-5-8-21-18-12)16-10-15(6-1-2-7-15)11-4-3-9-22-11/h3-5,8-9H,1-2,6-7,10H2,(H,16,19)(H,17,18,20). The molecule has 0 unspecified atom stereocenters. The zero-order chi connectivity index (χ0) is 15.4. The van der Waals surface area contributed by atoms with Crippen LogP contribution < -0.4 is 10.6 Å². The van der Waals surface area contributed by atoms with Crippen molar-refractivity contribution in [2.75, 3.05) is 11.9 Å². The second kappa shape index (κ2) is 6.31. The summed E-state index contributed by atoms with van der Waals surface area (Å²) in [6, 6.07) is 5.62. The van der Waals surface area contributed by atoms with E-state index in [9.17, 15) is 9.59 Å². The zero-order valence-electron chi connectivity index (χ0n) is 12.0. The van der Waals surface area contributed by atoms with Crippen LogP contribution in [-0.2, 0) is 15.0 Å². The smallest absolute Gasteiger partial charge is 0.314 e. The molecule has 0 radical (unpaired) electrons. The predicted octanol–water partition coefficient (Wildman–Crippen LogP) is 2.30. The molecule has 6 nitrogen and oxygen atoms in total. The molecule has 116 valence electrons. The molecule has 2 aromatic heterocycles. The summed E-state index contributed by atoms with van der Waals surface area (Å²) in [5.41, 5.74) is -0.0298. The SMILES string of the molecule is O=C(NCC1(c2cccs2)CCCC1)C(=O)Nc1ccon1. The Morgan fingerprint density at radius 3 is 2.73 bits per heavy atom. The zero-order valence-corrected chi connectivity index (χ0v) is 12.8. The third-order valence-electron chi connectivity index (χ3n) is 4.08. The maximum atomic E-state index is 12.0. The Morgan fingerprint density at radius 2 is 2.09 bits per heavy atom. The van der Waals surface area contributed by atoms with Gasteiger partial charge in [-0.2, -0.15) is 0 Å². The summed E-state index contributed by atoms with van der Waals surface area (Å²) in [6.45, 7) is 0.485. The van der Waals surface area contributed by atoms with Crippen LogP contribution in [0.25, 0.3) is 0 Å². The molecule has 2 amide bonds. The van der Waals surface area contributed by atoms with Gasteiger partial charge in [-0.1, -0.05) is 24.1 Å². The Morgan fingerprint density at radius 1 is 1.27 bits per heavy atom. The number of carbonyl (C=O) groups excluding carboxylic acids is 2. The van der Waals surface area contributed by atoms with E-state index in [-0.39, 0.29) is 11.2 Å². The lowest BCUT2D eigenvalue weighted by Crippen LogP contribution is -2.43. The van der Waals surface area contributed by atoms with Crippen LogP contribution in [0.4, 0.5) is 5.82 Å². The highest BCUT2D eigenvalue weighted by molar-refractivity contribution is 7.10. The molecule has 2 heterocycles. The van der Waals surface area contributed by atoms with Crippen LogP contribution in [0.15, 0.2) is 34.4 Å². The minimum atomic E-state index is -0.728. The van der Waals surface area contributed by atoms with Gasteiger partial charge in [0.2, 0.25) is 0 Å². The number of thiophene rings is 1. The highest BCUT2D eigenvalue weighted by atomic mass is 32.1. The van der Waals surface area contributed by atoms with Gasteiger partial charge in [-0.3, -0.25) is 14.9 Å². The first kappa shape index (κ1) is 14.8. The van der Waals surface area contributed by atoms with Gasteiger partial charge in [0.15, 0.2) is 5.82 Å². The van der Waals surface area contributed by atoms with Crippen molar-refractivity contribution in [3.05, 3.63) is 34.7 Å². The number of rotatable bonds is 4. The lowest BCUT2D eigenvalue weighted by molar-refractivity contribution is -0.136. The number of nitrogens with zero attached hydrogens (tertiary/aromatic N) is 1. The summed E-state index contributed by atoms with van der Waals surface area (Å²) in [7, 11) is 0. The molecular formula is C15H17N3O3S. The quantitative estimate of drug-likeness (QED) is 0.847. The van der Waals surface area contributed by atoms with E-state index in [1.165, 1.54) is 17.2 Å². The molecule has 0 saturated heterocycles. The minimum absolute atomic E-state index is 0.0298. The molecule has 1 fully saturated rings. The minimum Gasteiger partial charge on any atom is -0.363 e. The van der Waals surface area contributed by atoms with Crippen LogP contribution in [0.3, 0.4) is 0 Å². The van der Waals surface area contributed by atoms with E-state index in [2.05, 4.69) is 31.8 Å². The molecule has 0 aromatic carbocycles.